The molecule has 8 heteroatoms. The zero-order valence-corrected chi connectivity index (χ0v) is 28.8. The summed E-state index contributed by atoms with van der Waals surface area (Å²) in [5, 5.41) is 2.33. The number of rotatable bonds is 13. The van der Waals surface area contributed by atoms with Gasteiger partial charge in [-0.3, -0.25) is 9.59 Å². The predicted octanol–water partition coefficient (Wildman–Crippen LogP) is 8.93. The monoisotopic (exact) mass is 644 g/mol. The van der Waals surface area contributed by atoms with Gasteiger partial charge in [-0.05, 0) is 71.2 Å². The molecule has 0 saturated carbocycles. The smallest absolute Gasteiger partial charge is 0.223 e. The van der Waals surface area contributed by atoms with Crippen molar-refractivity contribution in [2.24, 2.45) is 5.92 Å². The number of hydrogen-bond acceptors (Lipinski definition) is 4. The van der Waals surface area contributed by atoms with Crippen LogP contribution in [0.2, 0.25) is 0 Å². The van der Waals surface area contributed by atoms with Crippen LogP contribution in [0.1, 0.15) is 90.3 Å². The van der Waals surface area contributed by atoms with Gasteiger partial charge in [0.2, 0.25) is 11.8 Å². The van der Waals surface area contributed by atoms with E-state index in [1.807, 2.05) is 29.1 Å². The van der Waals surface area contributed by atoms with Crippen molar-refractivity contribution in [1.29, 1.82) is 0 Å². The van der Waals surface area contributed by atoms with Crippen molar-refractivity contribution in [2.45, 2.75) is 85.2 Å². The first-order chi connectivity index (χ1) is 23.3. The normalized spacial score (nSPS) is 14.7. The second kappa shape index (κ2) is 15.0. The third kappa shape index (κ3) is 7.53. The lowest BCUT2D eigenvalue weighted by Gasteiger charge is -2.24. The summed E-state index contributed by atoms with van der Waals surface area (Å²) in [6.07, 6.45) is 9.76. The molecular formula is C40H48N6O2. The number of H-pyrrole nitrogens is 2. The summed E-state index contributed by atoms with van der Waals surface area (Å²) in [5.41, 5.74) is 6.37. The molecular weight excluding hydrogens is 596 g/mol. The summed E-state index contributed by atoms with van der Waals surface area (Å²) in [6.45, 7) is 10.4. The van der Waals surface area contributed by atoms with Crippen LogP contribution in [-0.2, 0) is 16.1 Å². The fourth-order valence-electron chi connectivity index (χ4n) is 6.69. The van der Waals surface area contributed by atoms with Crippen LogP contribution >= 0.6 is 0 Å². The first-order valence-electron chi connectivity index (χ1n) is 17.6. The van der Waals surface area contributed by atoms with Crippen LogP contribution in [0.5, 0.6) is 0 Å². The number of fused-ring (bicyclic) bond motifs is 1. The Kier molecular flexibility index (Phi) is 10.4. The number of unbranched alkanes of at least 4 members (excludes halogenated alkanes) is 1. The van der Waals surface area contributed by atoms with Crippen LogP contribution in [0, 0.1) is 5.92 Å². The minimum Gasteiger partial charge on any atom is -0.341 e. The molecule has 1 aliphatic heterocycles. The van der Waals surface area contributed by atoms with Gasteiger partial charge in [-0.15, -0.1) is 0 Å². The number of hydrogen-bond donors (Lipinski definition) is 2. The first-order valence-corrected chi connectivity index (χ1v) is 17.6. The number of benzene rings is 3. The van der Waals surface area contributed by atoms with E-state index in [0.29, 0.717) is 25.3 Å². The Morgan fingerprint density at radius 1 is 0.854 bits per heavy atom. The minimum absolute atomic E-state index is 0.0276. The lowest BCUT2D eigenvalue weighted by molar-refractivity contribution is -0.133. The Morgan fingerprint density at radius 2 is 1.52 bits per heavy atom. The molecule has 48 heavy (non-hydrogen) atoms. The quantitative estimate of drug-likeness (QED) is 0.134. The van der Waals surface area contributed by atoms with Crippen molar-refractivity contribution in [3.05, 3.63) is 84.7 Å². The van der Waals surface area contributed by atoms with E-state index in [4.69, 9.17) is 4.98 Å². The van der Waals surface area contributed by atoms with E-state index in [9.17, 15) is 9.59 Å². The molecule has 1 aliphatic rings. The van der Waals surface area contributed by atoms with E-state index in [2.05, 4.69) is 96.4 Å². The Balaban J connectivity index is 1.13. The van der Waals surface area contributed by atoms with Crippen LogP contribution in [0.25, 0.3) is 44.4 Å². The molecule has 0 aliphatic carbocycles. The SMILES string of the molecule is CCCCN(Cc1ncc(-c2ccc3cc(-c4ccc(-c5cnc([C@@H]6CCCN6C(=O)CC(C)C)[nH]5)cc4)ccc3c2)[nH]1)C(=O)CCC. The molecule has 3 heterocycles. The van der Waals surface area contributed by atoms with Gasteiger partial charge in [0.25, 0.3) is 0 Å². The van der Waals surface area contributed by atoms with E-state index >= 15 is 0 Å². The first kappa shape index (κ1) is 33.2. The molecule has 6 rings (SSSR count). The fourth-order valence-corrected chi connectivity index (χ4v) is 6.69. The highest BCUT2D eigenvalue weighted by molar-refractivity contribution is 5.90. The van der Waals surface area contributed by atoms with E-state index < -0.39 is 0 Å². The van der Waals surface area contributed by atoms with Gasteiger partial charge in [-0.2, -0.15) is 0 Å². The number of carbonyl (C=O) groups is 2. The molecule has 5 aromatic rings. The third-order valence-corrected chi connectivity index (χ3v) is 9.31. The highest BCUT2D eigenvalue weighted by Crippen LogP contribution is 2.33. The Hall–Kier alpha value is -4.72. The second-order valence-corrected chi connectivity index (χ2v) is 13.5. The second-order valence-electron chi connectivity index (χ2n) is 13.5. The van der Waals surface area contributed by atoms with Crippen molar-refractivity contribution < 1.29 is 9.59 Å². The molecule has 0 unspecified atom stereocenters. The average molecular weight is 645 g/mol. The molecule has 0 spiro atoms. The number of imidazole rings is 2. The van der Waals surface area contributed by atoms with Crippen LogP contribution in [0.15, 0.2) is 73.1 Å². The molecule has 0 bridgehead atoms. The predicted molar refractivity (Wildman–Crippen MR) is 193 cm³/mol. The largest absolute Gasteiger partial charge is 0.341 e. The van der Waals surface area contributed by atoms with Crippen LogP contribution in [0.3, 0.4) is 0 Å². The Morgan fingerprint density at radius 3 is 2.25 bits per heavy atom. The lowest BCUT2D eigenvalue weighted by Crippen LogP contribution is -2.31. The topological polar surface area (TPSA) is 98.0 Å². The maximum absolute atomic E-state index is 12.8. The Labute approximate surface area is 284 Å². The standard InChI is InChI=1S/C40H48N6O2/c1-5-7-19-45(38(47)9-6-2)26-37-41-24-35(43-37)33-18-17-31-22-30(15-16-32(31)23-33)28-11-13-29(14-12-28)34-25-42-40(44-34)36-10-8-20-46(36)39(48)21-27(3)4/h11-18,22-25,27,36H,5-10,19-21,26H2,1-4H3,(H,41,43)(H,42,44)/t36-/m0/s1. The van der Waals surface area contributed by atoms with Crippen LogP contribution in [-0.4, -0.2) is 54.6 Å². The van der Waals surface area contributed by atoms with Gasteiger partial charge in [0.1, 0.15) is 11.6 Å². The number of nitrogens with zero attached hydrogens (tertiary/aromatic N) is 4. The van der Waals surface area contributed by atoms with E-state index in [1.165, 1.54) is 5.39 Å². The number of nitrogens with one attached hydrogen (secondary N) is 2. The van der Waals surface area contributed by atoms with Gasteiger partial charge in [0, 0.05) is 31.5 Å². The lowest BCUT2D eigenvalue weighted by atomic mass is 9.98. The van der Waals surface area contributed by atoms with Crippen molar-refractivity contribution in [3.63, 3.8) is 0 Å². The molecule has 0 radical (unpaired) electrons. The van der Waals surface area contributed by atoms with Gasteiger partial charge in [0.05, 0.1) is 36.4 Å². The van der Waals surface area contributed by atoms with Crippen LogP contribution in [0.4, 0.5) is 0 Å². The summed E-state index contributed by atoms with van der Waals surface area (Å²) < 4.78 is 0. The molecule has 2 N–H and O–H groups in total. The molecule has 2 amide bonds. The molecule has 250 valence electrons. The Bertz CT molecular complexity index is 1850. The summed E-state index contributed by atoms with van der Waals surface area (Å²) in [6, 6.07) is 21.6. The summed E-state index contributed by atoms with van der Waals surface area (Å²) in [7, 11) is 0. The minimum atomic E-state index is 0.0276. The summed E-state index contributed by atoms with van der Waals surface area (Å²) >= 11 is 0. The van der Waals surface area contributed by atoms with Gasteiger partial charge >= 0.3 is 0 Å². The van der Waals surface area contributed by atoms with Crippen molar-refractivity contribution in [2.75, 3.05) is 13.1 Å². The van der Waals surface area contributed by atoms with Gasteiger partial charge < -0.3 is 19.8 Å². The fraction of sp³-hybridized carbons (Fsp3) is 0.400. The summed E-state index contributed by atoms with van der Waals surface area (Å²) in [5.74, 6) is 2.45. The van der Waals surface area contributed by atoms with Crippen molar-refractivity contribution in [1.82, 2.24) is 29.7 Å². The van der Waals surface area contributed by atoms with E-state index in [-0.39, 0.29) is 17.9 Å². The van der Waals surface area contributed by atoms with Gasteiger partial charge in [-0.1, -0.05) is 82.6 Å². The van der Waals surface area contributed by atoms with Gasteiger partial charge in [0.15, 0.2) is 0 Å². The zero-order valence-electron chi connectivity index (χ0n) is 28.8. The molecule has 3 aromatic carbocycles. The molecule has 1 fully saturated rings. The van der Waals surface area contributed by atoms with Crippen molar-refractivity contribution >= 4 is 22.6 Å². The van der Waals surface area contributed by atoms with E-state index in [1.54, 1.807) is 0 Å². The zero-order chi connectivity index (χ0) is 33.6. The third-order valence-electron chi connectivity index (χ3n) is 9.31. The average Bonchev–Trinajstić information content (AvgIpc) is 3.87. The molecule has 8 nitrogen and oxygen atoms in total. The van der Waals surface area contributed by atoms with Crippen LogP contribution < -0.4 is 0 Å². The summed E-state index contributed by atoms with van der Waals surface area (Å²) in [4.78, 5) is 45.7. The number of carbonyl (C=O) groups excluding carboxylic acids is 2. The van der Waals surface area contributed by atoms with Crippen molar-refractivity contribution in [3.8, 4) is 33.6 Å². The maximum Gasteiger partial charge on any atom is 0.223 e. The highest BCUT2D eigenvalue weighted by Gasteiger charge is 2.32. The highest BCUT2D eigenvalue weighted by atomic mass is 16.2. The number of amides is 2. The number of likely N-dealkylation sites (tertiary alicyclic amines) is 1. The molecule has 1 atom stereocenters. The maximum atomic E-state index is 12.8. The molecule has 2 aromatic heterocycles. The molecule has 1 saturated heterocycles. The number of aromatic nitrogens is 4. The van der Waals surface area contributed by atoms with E-state index in [0.717, 1.165) is 95.9 Å². The number of aromatic amines is 2. The van der Waals surface area contributed by atoms with Gasteiger partial charge in [-0.25, -0.2) is 9.97 Å².